The monoisotopic (exact) mass is 404 g/mol. The molecule has 6 heteroatoms. The van der Waals surface area contributed by atoms with E-state index >= 15 is 0 Å². The molecule has 0 spiro atoms. The third-order valence-electron chi connectivity index (χ3n) is 5.45. The van der Waals surface area contributed by atoms with Crippen molar-refractivity contribution in [3.63, 3.8) is 0 Å². The van der Waals surface area contributed by atoms with E-state index in [-0.39, 0.29) is 17.6 Å². The molecule has 1 aliphatic heterocycles. The molecule has 1 fully saturated rings. The summed E-state index contributed by atoms with van der Waals surface area (Å²) in [6, 6.07) is 16.2. The van der Waals surface area contributed by atoms with Gasteiger partial charge in [-0.05, 0) is 43.5 Å². The number of aromatic nitrogens is 2. The van der Waals surface area contributed by atoms with Crippen molar-refractivity contribution in [1.29, 1.82) is 0 Å². The minimum atomic E-state index is -0.275. The van der Waals surface area contributed by atoms with Crippen LogP contribution in [0.3, 0.4) is 0 Å². The lowest BCUT2D eigenvalue weighted by Crippen LogP contribution is -2.43. The van der Waals surface area contributed by atoms with Gasteiger partial charge in [0.25, 0.3) is 0 Å². The topological polar surface area (TPSA) is 58.1 Å². The van der Waals surface area contributed by atoms with Crippen LogP contribution in [0.2, 0.25) is 0 Å². The van der Waals surface area contributed by atoms with Crippen LogP contribution in [0.15, 0.2) is 60.8 Å². The number of carbonyl (C=O) groups is 1. The Hall–Kier alpha value is -3.28. The SMILES string of the molecule is Cc1ccc(-c2nccc(N3CCC[C@@H](C(=O)NCc4ccc(F)cc4)C3)n2)cc1. The standard InChI is InChI=1S/C24H25FN4O/c1-17-4-8-19(9-5-17)23-26-13-12-22(28-23)29-14-2-3-20(16-29)24(30)27-15-18-6-10-21(25)11-7-18/h4-13,20H,2-3,14-16H2,1H3,(H,27,30)/t20-/m1/s1. The molecule has 1 N–H and O–H groups in total. The lowest BCUT2D eigenvalue weighted by molar-refractivity contribution is -0.125. The van der Waals surface area contributed by atoms with Crippen molar-refractivity contribution in [3.8, 4) is 11.4 Å². The summed E-state index contributed by atoms with van der Waals surface area (Å²) < 4.78 is 13.0. The van der Waals surface area contributed by atoms with E-state index in [1.165, 1.54) is 17.7 Å². The van der Waals surface area contributed by atoms with Gasteiger partial charge in [0.05, 0.1) is 5.92 Å². The van der Waals surface area contributed by atoms with Crippen molar-refractivity contribution >= 4 is 11.7 Å². The van der Waals surface area contributed by atoms with Gasteiger partial charge in [-0.25, -0.2) is 14.4 Å². The predicted octanol–water partition coefficient (Wildman–Crippen LogP) is 4.12. The number of benzene rings is 2. The molecule has 30 heavy (non-hydrogen) atoms. The van der Waals surface area contributed by atoms with E-state index in [0.717, 1.165) is 36.3 Å². The maximum Gasteiger partial charge on any atom is 0.225 e. The third-order valence-corrected chi connectivity index (χ3v) is 5.45. The molecule has 3 aromatic rings. The van der Waals surface area contributed by atoms with Gasteiger partial charge in [-0.1, -0.05) is 42.0 Å². The molecular weight excluding hydrogens is 379 g/mol. The molecule has 1 atom stereocenters. The molecule has 0 aliphatic carbocycles. The largest absolute Gasteiger partial charge is 0.356 e. The molecule has 0 saturated carbocycles. The number of amides is 1. The van der Waals surface area contributed by atoms with Gasteiger partial charge in [0, 0.05) is 31.4 Å². The lowest BCUT2D eigenvalue weighted by Gasteiger charge is -2.33. The first kappa shape index (κ1) is 20.0. The number of halogens is 1. The van der Waals surface area contributed by atoms with Crippen LogP contribution in [-0.4, -0.2) is 29.0 Å². The van der Waals surface area contributed by atoms with Gasteiger partial charge in [-0.3, -0.25) is 4.79 Å². The van der Waals surface area contributed by atoms with Crippen molar-refractivity contribution in [3.05, 3.63) is 77.7 Å². The van der Waals surface area contributed by atoms with Crippen LogP contribution in [0, 0.1) is 18.7 Å². The highest BCUT2D eigenvalue weighted by Crippen LogP contribution is 2.24. The fourth-order valence-corrected chi connectivity index (χ4v) is 3.70. The van der Waals surface area contributed by atoms with Crippen LogP contribution in [0.25, 0.3) is 11.4 Å². The molecule has 1 saturated heterocycles. The van der Waals surface area contributed by atoms with Gasteiger partial charge in [0.1, 0.15) is 11.6 Å². The maximum absolute atomic E-state index is 13.0. The number of anilines is 1. The number of nitrogens with zero attached hydrogens (tertiary/aromatic N) is 3. The zero-order valence-corrected chi connectivity index (χ0v) is 17.0. The first-order valence-electron chi connectivity index (χ1n) is 10.3. The van der Waals surface area contributed by atoms with E-state index in [2.05, 4.69) is 22.1 Å². The second-order valence-corrected chi connectivity index (χ2v) is 7.73. The Balaban J connectivity index is 1.41. The highest BCUT2D eigenvalue weighted by molar-refractivity contribution is 5.79. The smallest absolute Gasteiger partial charge is 0.225 e. The minimum Gasteiger partial charge on any atom is -0.356 e. The molecule has 1 aromatic heterocycles. The normalized spacial score (nSPS) is 16.3. The molecule has 1 amide bonds. The van der Waals surface area contributed by atoms with Crippen molar-refractivity contribution in [1.82, 2.24) is 15.3 Å². The van der Waals surface area contributed by atoms with Gasteiger partial charge < -0.3 is 10.2 Å². The van der Waals surface area contributed by atoms with E-state index in [1.807, 2.05) is 30.3 Å². The van der Waals surface area contributed by atoms with E-state index in [0.29, 0.717) is 18.9 Å². The highest BCUT2D eigenvalue weighted by atomic mass is 19.1. The minimum absolute atomic E-state index is 0.0249. The van der Waals surface area contributed by atoms with Gasteiger partial charge >= 0.3 is 0 Å². The van der Waals surface area contributed by atoms with Gasteiger partial charge in [-0.15, -0.1) is 0 Å². The summed E-state index contributed by atoms with van der Waals surface area (Å²) in [4.78, 5) is 24.0. The zero-order chi connectivity index (χ0) is 20.9. The van der Waals surface area contributed by atoms with E-state index in [9.17, 15) is 9.18 Å². The summed E-state index contributed by atoms with van der Waals surface area (Å²) in [5.41, 5.74) is 3.06. The average molecular weight is 404 g/mol. The summed E-state index contributed by atoms with van der Waals surface area (Å²) in [6.07, 6.45) is 3.55. The van der Waals surface area contributed by atoms with Crippen molar-refractivity contribution in [2.45, 2.75) is 26.3 Å². The Morgan fingerprint density at radius 2 is 1.90 bits per heavy atom. The van der Waals surface area contributed by atoms with Crippen LogP contribution >= 0.6 is 0 Å². The van der Waals surface area contributed by atoms with Crippen LogP contribution < -0.4 is 10.2 Å². The number of aryl methyl sites for hydroxylation is 1. The third kappa shape index (κ3) is 4.82. The molecule has 154 valence electrons. The fraction of sp³-hybridized carbons (Fsp3) is 0.292. The van der Waals surface area contributed by atoms with Gasteiger partial charge in [0.2, 0.25) is 5.91 Å². The van der Waals surface area contributed by atoms with Crippen LogP contribution in [-0.2, 0) is 11.3 Å². The molecule has 4 rings (SSSR count). The summed E-state index contributed by atoms with van der Waals surface area (Å²) in [7, 11) is 0. The first-order chi connectivity index (χ1) is 14.6. The summed E-state index contributed by atoms with van der Waals surface area (Å²) in [6.45, 7) is 3.95. The van der Waals surface area contributed by atoms with Crippen molar-refractivity contribution in [2.24, 2.45) is 5.92 Å². The average Bonchev–Trinajstić information content (AvgIpc) is 2.79. The Morgan fingerprint density at radius 3 is 2.67 bits per heavy atom. The second kappa shape index (κ2) is 9.03. The molecule has 1 aliphatic rings. The molecule has 0 unspecified atom stereocenters. The van der Waals surface area contributed by atoms with Crippen molar-refractivity contribution < 1.29 is 9.18 Å². The maximum atomic E-state index is 13.0. The number of hydrogen-bond donors (Lipinski definition) is 1. The van der Waals surface area contributed by atoms with E-state index in [1.54, 1.807) is 18.3 Å². The van der Waals surface area contributed by atoms with Gasteiger partial charge in [-0.2, -0.15) is 0 Å². The molecule has 5 nitrogen and oxygen atoms in total. The Kier molecular flexibility index (Phi) is 6.02. The molecule has 0 bridgehead atoms. The molecule has 2 heterocycles. The number of nitrogens with one attached hydrogen (secondary N) is 1. The number of hydrogen-bond acceptors (Lipinski definition) is 4. The fourth-order valence-electron chi connectivity index (χ4n) is 3.70. The first-order valence-corrected chi connectivity index (χ1v) is 10.3. The highest BCUT2D eigenvalue weighted by Gasteiger charge is 2.26. The Bertz CT molecular complexity index is 1000. The summed E-state index contributed by atoms with van der Waals surface area (Å²) in [5, 5.41) is 2.98. The number of rotatable bonds is 5. The zero-order valence-electron chi connectivity index (χ0n) is 17.0. The number of carbonyl (C=O) groups excluding carboxylic acids is 1. The van der Waals surface area contributed by atoms with Gasteiger partial charge in [0.15, 0.2) is 5.82 Å². The molecule has 2 aromatic carbocycles. The van der Waals surface area contributed by atoms with Crippen LogP contribution in [0.1, 0.15) is 24.0 Å². The van der Waals surface area contributed by atoms with Crippen LogP contribution in [0.5, 0.6) is 0 Å². The Labute approximate surface area is 176 Å². The number of piperidine rings is 1. The van der Waals surface area contributed by atoms with E-state index in [4.69, 9.17) is 4.98 Å². The molecule has 0 radical (unpaired) electrons. The molecular formula is C24H25FN4O. The van der Waals surface area contributed by atoms with Crippen LogP contribution in [0.4, 0.5) is 10.2 Å². The van der Waals surface area contributed by atoms with E-state index < -0.39 is 0 Å². The quantitative estimate of drug-likeness (QED) is 0.695. The summed E-state index contributed by atoms with van der Waals surface area (Å²) >= 11 is 0. The Morgan fingerprint density at radius 1 is 1.13 bits per heavy atom. The van der Waals surface area contributed by atoms with Crippen molar-refractivity contribution in [2.75, 3.05) is 18.0 Å². The predicted molar refractivity (Wildman–Crippen MR) is 115 cm³/mol. The summed E-state index contributed by atoms with van der Waals surface area (Å²) in [5.74, 6) is 1.18. The lowest BCUT2D eigenvalue weighted by atomic mass is 9.97. The second-order valence-electron chi connectivity index (χ2n) is 7.73.